The monoisotopic (exact) mass is 557 g/mol. The van der Waals surface area contributed by atoms with E-state index in [0.29, 0.717) is 41.2 Å². The number of rotatable bonds is 10. The van der Waals surface area contributed by atoms with Crippen molar-refractivity contribution in [3.8, 4) is 11.5 Å². The molecular weight excluding hydrogens is 525 g/mol. The Hall–Kier alpha value is -2.77. The Morgan fingerprint density at radius 1 is 0.921 bits per heavy atom. The van der Waals surface area contributed by atoms with Crippen LogP contribution in [0.1, 0.15) is 49.1 Å². The van der Waals surface area contributed by atoms with Gasteiger partial charge in [-0.25, -0.2) is 0 Å². The molecule has 0 N–H and O–H groups in total. The number of amides is 1. The largest absolute Gasteiger partial charge is 0.493 e. The van der Waals surface area contributed by atoms with E-state index in [1.807, 2.05) is 71.6 Å². The number of benzene rings is 3. The summed E-state index contributed by atoms with van der Waals surface area (Å²) < 4.78 is 23.2. The zero-order chi connectivity index (χ0) is 27.2. The molecule has 0 bridgehead atoms. The Morgan fingerprint density at radius 3 is 2.32 bits per heavy atom. The molecule has 0 aromatic heterocycles. The third-order valence-electron chi connectivity index (χ3n) is 6.82. The van der Waals surface area contributed by atoms with Gasteiger partial charge >= 0.3 is 0 Å². The Bertz CT molecular complexity index is 1240. The van der Waals surface area contributed by atoms with Gasteiger partial charge in [0, 0.05) is 10.0 Å². The molecule has 3 aromatic rings. The summed E-state index contributed by atoms with van der Waals surface area (Å²) in [4.78, 5) is 15.6. The van der Waals surface area contributed by atoms with Gasteiger partial charge in [0.05, 0.1) is 39.5 Å². The van der Waals surface area contributed by atoms with Crippen LogP contribution in [0.5, 0.6) is 11.5 Å². The Balaban J connectivity index is 1.63. The van der Waals surface area contributed by atoms with Gasteiger partial charge in [0.25, 0.3) is 5.91 Å². The minimum atomic E-state index is -0.623. The molecule has 1 fully saturated rings. The fourth-order valence-corrected chi connectivity index (χ4v) is 5.20. The summed E-state index contributed by atoms with van der Waals surface area (Å²) in [5, 5.41) is 1.24. The first-order valence-corrected chi connectivity index (χ1v) is 13.4. The second-order valence-corrected chi connectivity index (χ2v) is 10.1. The number of methoxy groups -OCH3 is 2. The van der Waals surface area contributed by atoms with Gasteiger partial charge in [0.2, 0.25) is 0 Å². The normalized spacial score (nSPS) is 20.3. The van der Waals surface area contributed by atoms with Gasteiger partial charge in [0.15, 0.2) is 11.5 Å². The van der Waals surface area contributed by atoms with Gasteiger partial charge in [-0.3, -0.25) is 4.79 Å². The van der Waals surface area contributed by atoms with Crippen LogP contribution in [0.2, 0.25) is 10.0 Å². The summed E-state index contributed by atoms with van der Waals surface area (Å²) in [5.41, 5.74) is 2.78. The predicted octanol–water partition coefficient (Wildman–Crippen LogP) is 7.04. The lowest BCUT2D eigenvalue weighted by Gasteiger charge is -2.47. The molecule has 1 amide bonds. The van der Waals surface area contributed by atoms with Gasteiger partial charge in [-0.05, 0) is 66.4 Å². The summed E-state index contributed by atoms with van der Waals surface area (Å²) in [6, 6.07) is 20.3. The van der Waals surface area contributed by atoms with Crippen LogP contribution >= 0.6 is 23.2 Å². The molecule has 0 saturated carbocycles. The summed E-state index contributed by atoms with van der Waals surface area (Å²) in [6.07, 6.45) is -0.332. The van der Waals surface area contributed by atoms with Gasteiger partial charge in [-0.1, -0.05) is 60.5 Å². The average molecular weight is 559 g/mol. The van der Waals surface area contributed by atoms with Crippen molar-refractivity contribution in [2.45, 2.75) is 51.2 Å². The minimum Gasteiger partial charge on any atom is -0.493 e. The van der Waals surface area contributed by atoms with Crippen molar-refractivity contribution in [2.24, 2.45) is 0 Å². The molecule has 1 unspecified atom stereocenters. The lowest BCUT2D eigenvalue weighted by atomic mass is 9.90. The van der Waals surface area contributed by atoms with Crippen LogP contribution < -0.4 is 9.47 Å². The van der Waals surface area contributed by atoms with Crippen molar-refractivity contribution in [1.82, 2.24) is 4.90 Å². The lowest BCUT2D eigenvalue weighted by Crippen LogP contribution is -2.55. The van der Waals surface area contributed by atoms with Crippen LogP contribution in [0.4, 0.5) is 0 Å². The number of halogens is 2. The summed E-state index contributed by atoms with van der Waals surface area (Å²) in [7, 11) is 3.21. The quantitative estimate of drug-likeness (QED) is 0.267. The molecule has 4 rings (SSSR count). The standard InChI is InChI=1S/C30H33Cl2NO5/c1-5-25(18-37-17-20-9-14-26(35-3)27(15-20)36-4)33-28(21-10-12-23(31)13-11-21)29(38-19(2)30(33)34)22-7-6-8-24(32)16-22/h6-16,19,25,28-29H,5,17-18H2,1-4H3/t19-,25?,28+,29+/m0/s1. The van der Waals surface area contributed by atoms with Gasteiger partial charge in [-0.2, -0.15) is 0 Å². The van der Waals surface area contributed by atoms with Crippen molar-refractivity contribution in [3.63, 3.8) is 0 Å². The van der Waals surface area contributed by atoms with E-state index in [-0.39, 0.29) is 18.0 Å². The third-order valence-corrected chi connectivity index (χ3v) is 7.31. The molecule has 1 aliphatic heterocycles. The molecule has 0 aliphatic carbocycles. The van der Waals surface area contributed by atoms with Crippen molar-refractivity contribution in [3.05, 3.63) is 93.5 Å². The van der Waals surface area contributed by atoms with E-state index in [2.05, 4.69) is 6.92 Å². The zero-order valence-electron chi connectivity index (χ0n) is 22.0. The number of carbonyl (C=O) groups is 1. The average Bonchev–Trinajstić information content (AvgIpc) is 2.93. The number of nitrogens with zero attached hydrogens (tertiary/aromatic N) is 1. The topological polar surface area (TPSA) is 57.2 Å². The lowest BCUT2D eigenvalue weighted by molar-refractivity contribution is -0.179. The van der Waals surface area contributed by atoms with E-state index in [9.17, 15) is 4.79 Å². The first-order valence-electron chi connectivity index (χ1n) is 12.6. The molecule has 6 nitrogen and oxygen atoms in total. The minimum absolute atomic E-state index is 0.0789. The molecule has 4 atom stereocenters. The van der Waals surface area contributed by atoms with Crippen molar-refractivity contribution >= 4 is 29.1 Å². The molecule has 1 aliphatic rings. The highest BCUT2D eigenvalue weighted by molar-refractivity contribution is 6.30. The number of hydrogen-bond donors (Lipinski definition) is 0. The van der Waals surface area contributed by atoms with E-state index in [0.717, 1.165) is 16.7 Å². The molecule has 8 heteroatoms. The van der Waals surface area contributed by atoms with Crippen molar-refractivity contribution < 1.29 is 23.7 Å². The molecule has 1 heterocycles. The predicted molar refractivity (Wildman–Crippen MR) is 149 cm³/mol. The second kappa shape index (κ2) is 12.9. The van der Waals surface area contributed by atoms with Crippen LogP contribution in [0, 0.1) is 0 Å². The maximum atomic E-state index is 13.7. The van der Waals surface area contributed by atoms with Gasteiger partial charge < -0.3 is 23.8 Å². The Morgan fingerprint density at radius 2 is 1.66 bits per heavy atom. The van der Waals surface area contributed by atoms with Crippen LogP contribution in [0.15, 0.2) is 66.7 Å². The first kappa shape index (κ1) is 28.2. The fourth-order valence-electron chi connectivity index (χ4n) is 4.87. The van der Waals surface area contributed by atoms with Crippen LogP contribution in [-0.2, 0) is 20.9 Å². The van der Waals surface area contributed by atoms with Crippen molar-refractivity contribution in [1.29, 1.82) is 0 Å². The fraction of sp³-hybridized carbons (Fsp3) is 0.367. The van der Waals surface area contributed by atoms with Crippen LogP contribution in [0.3, 0.4) is 0 Å². The maximum absolute atomic E-state index is 13.7. The molecule has 38 heavy (non-hydrogen) atoms. The second-order valence-electron chi connectivity index (χ2n) is 9.26. The SMILES string of the molecule is CCC(COCc1ccc(OC)c(OC)c1)N1C(=O)[C@H](C)O[C@H](c2cccc(Cl)c2)[C@H]1c1ccc(Cl)cc1. The van der Waals surface area contributed by atoms with E-state index < -0.39 is 12.2 Å². The molecule has 202 valence electrons. The molecule has 3 aromatic carbocycles. The first-order chi connectivity index (χ1) is 18.4. The summed E-state index contributed by atoms with van der Waals surface area (Å²) in [6.45, 7) is 4.58. The highest BCUT2D eigenvalue weighted by Gasteiger charge is 2.45. The van der Waals surface area contributed by atoms with E-state index in [1.165, 1.54) is 0 Å². The maximum Gasteiger partial charge on any atom is 0.252 e. The number of hydrogen-bond acceptors (Lipinski definition) is 5. The third kappa shape index (κ3) is 6.26. The van der Waals surface area contributed by atoms with Crippen LogP contribution in [0.25, 0.3) is 0 Å². The highest BCUT2D eigenvalue weighted by atomic mass is 35.5. The smallest absolute Gasteiger partial charge is 0.252 e. The number of ether oxygens (including phenoxy) is 4. The van der Waals surface area contributed by atoms with Gasteiger partial charge in [0.1, 0.15) is 12.2 Å². The Kier molecular flexibility index (Phi) is 9.55. The van der Waals surface area contributed by atoms with Gasteiger partial charge in [-0.15, -0.1) is 0 Å². The molecule has 1 saturated heterocycles. The Labute approximate surface area is 234 Å². The van der Waals surface area contributed by atoms with E-state index >= 15 is 0 Å². The molecule has 0 radical (unpaired) electrons. The van der Waals surface area contributed by atoms with E-state index in [1.54, 1.807) is 21.1 Å². The molecular formula is C30H33Cl2NO5. The summed E-state index contributed by atoms with van der Waals surface area (Å²) in [5.74, 6) is 1.23. The van der Waals surface area contributed by atoms with Crippen LogP contribution in [-0.4, -0.2) is 43.8 Å². The van der Waals surface area contributed by atoms with E-state index in [4.69, 9.17) is 42.1 Å². The number of carbonyl (C=O) groups excluding carboxylic acids is 1. The summed E-state index contributed by atoms with van der Waals surface area (Å²) >= 11 is 12.6. The number of morpholine rings is 1. The van der Waals surface area contributed by atoms with Crippen molar-refractivity contribution in [2.75, 3.05) is 20.8 Å². The highest BCUT2D eigenvalue weighted by Crippen LogP contribution is 2.44. The molecule has 0 spiro atoms. The zero-order valence-corrected chi connectivity index (χ0v) is 23.5.